The molecule has 7 rings (SSSR count). The number of aromatic nitrogens is 4. The van der Waals surface area contributed by atoms with Crippen LogP contribution in [0.25, 0.3) is 44.8 Å². The van der Waals surface area contributed by atoms with E-state index in [0.717, 1.165) is 72.5 Å². The molecule has 2 saturated heterocycles. The van der Waals surface area contributed by atoms with Crippen molar-refractivity contribution in [2.45, 2.75) is 38.5 Å². The Bertz CT molecular complexity index is 1880. The standard InChI is InChI=1S/C36H43N9O2/c37-28-21-24(33-40-29-11-8-25(22-31(29)42-33)35(46)38-13-19-44-15-3-1-4-16-44)7-10-27(28)34-41-30-12-9-26(23-32(30)43-34)36(47)39-14-20-45-17-5-2-6-18-45/h7-12,21-23H,1-6,13-20,37H2,(H,38,46)(H,39,47)(H,40,42)(H,41,43). The highest BCUT2D eigenvalue weighted by molar-refractivity contribution is 5.99. The molecule has 11 nitrogen and oxygen atoms in total. The molecular formula is C36H43N9O2. The van der Waals surface area contributed by atoms with Gasteiger partial charge in [-0.3, -0.25) is 9.59 Å². The molecule has 2 aliphatic rings. The maximum atomic E-state index is 12.8. The number of carbonyl (C=O) groups is 2. The van der Waals surface area contributed by atoms with Crippen molar-refractivity contribution < 1.29 is 9.59 Å². The van der Waals surface area contributed by atoms with E-state index in [1.54, 1.807) is 0 Å². The number of nitrogens with zero attached hydrogens (tertiary/aromatic N) is 4. The second-order valence-electron chi connectivity index (χ2n) is 12.8. The molecule has 47 heavy (non-hydrogen) atoms. The molecular weight excluding hydrogens is 590 g/mol. The van der Waals surface area contributed by atoms with Crippen LogP contribution in [-0.2, 0) is 0 Å². The fourth-order valence-corrected chi connectivity index (χ4v) is 6.72. The number of amides is 2. The van der Waals surface area contributed by atoms with Gasteiger partial charge < -0.3 is 36.1 Å². The van der Waals surface area contributed by atoms with Crippen LogP contribution in [0.3, 0.4) is 0 Å². The maximum absolute atomic E-state index is 12.8. The Morgan fingerprint density at radius 2 is 1.17 bits per heavy atom. The molecule has 2 amide bonds. The van der Waals surface area contributed by atoms with E-state index < -0.39 is 0 Å². The zero-order valence-corrected chi connectivity index (χ0v) is 26.8. The van der Waals surface area contributed by atoms with E-state index >= 15 is 0 Å². The van der Waals surface area contributed by atoms with E-state index in [2.05, 4.69) is 30.4 Å². The van der Waals surface area contributed by atoms with Gasteiger partial charge in [0, 0.05) is 54.1 Å². The van der Waals surface area contributed by atoms with Gasteiger partial charge in [0.1, 0.15) is 11.6 Å². The summed E-state index contributed by atoms with van der Waals surface area (Å²) in [7, 11) is 0. The van der Waals surface area contributed by atoms with Crippen molar-refractivity contribution in [3.8, 4) is 22.8 Å². The third kappa shape index (κ3) is 7.16. The van der Waals surface area contributed by atoms with Gasteiger partial charge in [0.25, 0.3) is 11.8 Å². The maximum Gasteiger partial charge on any atom is 0.251 e. The smallest absolute Gasteiger partial charge is 0.251 e. The highest BCUT2D eigenvalue weighted by atomic mass is 16.2. The molecule has 244 valence electrons. The van der Waals surface area contributed by atoms with Crippen LogP contribution in [0.4, 0.5) is 5.69 Å². The molecule has 0 bridgehead atoms. The number of carbonyl (C=O) groups excluding carboxylic acids is 2. The second kappa shape index (κ2) is 13.9. The number of nitrogens with one attached hydrogen (secondary N) is 4. The average Bonchev–Trinajstić information content (AvgIpc) is 3.73. The Labute approximate surface area is 274 Å². The summed E-state index contributed by atoms with van der Waals surface area (Å²) in [6, 6.07) is 16.8. The molecule has 0 radical (unpaired) electrons. The van der Waals surface area contributed by atoms with E-state index in [1.807, 2.05) is 54.6 Å². The average molecular weight is 634 g/mol. The van der Waals surface area contributed by atoms with E-state index in [1.165, 1.54) is 38.5 Å². The van der Waals surface area contributed by atoms with Gasteiger partial charge >= 0.3 is 0 Å². The summed E-state index contributed by atoms with van der Waals surface area (Å²) in [6.45, 7) is 7.48. The van der Waals surface area contributed by atoms with E-state index in [-0.39, 0.29) is 11.8 Å². The number of H-pyrrole nitrogens is 2. The van der Waals surface area contributed by atoms with Gasteiger partial charge in [-0.1, -0.05) is 18.9 Å². The topological polar surface area (TPSA) is 148 Å². The molecule has 0 spiro atoms. The number of piperidine rings is 2. The van der Waals surface area contributed by atoms with Gasteiger partial charge in [-0.05, 0) is 100 Å². The minimum atomic E-state index is -0.0876. The lowest BCUT2D eigenvalue weighted by atomic mass is 10.1. The predicted octanol–water partition coefficient (Wildman–Crippen LogP) is 4.79. The Hall–Kier alpha value is -4.74. The van der Waals surface area contributed by atoms with Gasteiger partial charge in [0.15, 0.2) is 0 Å². The molecule has 4 heterocycles. The lowest BCUT2D eigenvalue weighted by Crippen LogP contribution is -2.37. The summed E-state index contributed by atoms with van der Waals surface area (Å²) in [6.07, 6.45) is 7.55. The van der Waals surface area contributed by atoms with Crippen LogP contribution in [0.2, 0.25) is 0 Å². The number of fused-ring (bicyclic) bond motifs is 2. The number of rotatable bonds is 10. The first-order valence-electron chi connectivity index (χ1n) is 16.9. The summed E-state index contributed by atoms with van der Waals surface area (Å²) >= 11 is 0. The minimum absolute atomic E-state index is 0.0832. The lowest BCUT2D eigenvalue weighted by Gasteiger charge is -2.26. The summed E-state index contributed by atoms with van der Waals surface area (Å²) in [4.78, 5) is 46.7. The summed E-state index contributed by atoms with van der Waals surface area (Å²) < 4.78 is 0. The Morgan fingerprint density at radius 3 is 1.70 bits per heavy atom. The Balaban J connectivity index is 1.00. The SMILES string of the molecule is Nc1cc(-c2nc3ccc(C(=O)NCCN4CCCCC4)cc3[nH]2)ccc1-c1nc2ccc(C(=O)NCCN3CCCCC3)cc2[nH]1. The molecule has 2 aliphatic heterocycles. The molecule has 0 aliphatic carbocycles. The number of nitrogen functional groups attached to an aromatic ring is 1. The number of likely N-dealkylation sites (tertiary alicyclic amines) is 2. The highest BCUT2D eigenvalue weighted by Crippen LogP contribution is 2.31. The van der Waals surface area contributed by atoms with E-state index in [9.17, 15) is 9.59 Å². The second-order valence-corrected chi connectivity index (χ2v) is 12.8. The van der Waals surface area contributed by atoms with Crippen LogP contribution >= 0.6 is 0 Å². The Morgan fingerprint density at radius 1 is 0.660 bits per heavy atom. The first-order valence-corrected chi connectivity index (χ1v) is 16.9. The third-order valence-corrected chi connectivity index (χ3v) is 9.39. The van der Waals surface area contributed by atoms with Gasteiger partial charge in [-0.2, -0.15) is 0 Å². The number of anilines is 1. The van der Waals surface area contributed by atoms with Gasteiger partial charge in [-0.15, -0.1) is 0 Å². The minimum Gasteiger partial charge on any atom is -0.398 e. The number of benzene rings is 3. The largest absolute Gasteiger partial charge is 0.398 e. The number of aromatic amines is 2. The van der Waals surface area contributed by atoms with Crippen LogP contribution < -0.4 is 16.4 Å². The zero-order chi connectivity index (χ0) is 32.2. The van der Waals surface area contributed by atoms with Crippen LogP contribution in [0, 0.1) is 0 Å². The molecule has 0 unspecified atom stereocenters. The molecule has 6 N–H and O–H groups in total. The first kappa shape index (κ1) is 30.9. The van der Waals surface area contributed by atoms with Crippen molar-refractivity contribution in [2.75, 3.05) is 58.1 Å². The fraction of sp³-hybridized carbons (Fsp3) is 0.389. The number of hydrogen-bond acceptors (Lipinski definition) is 7. The number of hydrogen-bond donors (Lipinski definition) is 5. The number of imidazole rings is 2. The lowest BCUT2D eigenvalue weighted by molar-refractivity contribution is 0.0938. The molecule has 3 aromatic carbocycles. The normalized spacial score (nSPS) is 16.1. The summed E-state index contributed by atoms with van der Waals surface area (Å²) in [5.41, 5.74) is 13.0. The van der Waals surface area contributed by atoms with Crippen LogP contribution in [0.15, 0.2) is 54.6 Å². The quantitative estimate of drug-likeness (QED) is 0.139. The van der Waals surface area contributed by atoms with Crippen molar-refractivity contribution >= 4 is 39.6 Å². The number of nitrogens with two attached hydrogens (primary N) is 1. The molecule has 2 aromatic heterocycles. The van der Waals surface area contributed by atoms with Crippen molar-refractivity contribution in [1.29, 1.82) is 0 Å². The summed E-state index contributed by atoms with van der Waals surface area (Å²) in [5.74, 6) is 1.13. The Kier molecular flexibility index (Phi) is 9.16. The van der Waals surface area contributed by atoms with E-state index in [0.29, 0.717) is 41.6 Å². The van der Waals surface area contributed by atoms with Crippen molar-refractivity contribution in [3.63, 3.8) is 0 Å². The fourth-order valence-electron chi connectivity index (χ4n) is 6.72. The first-order chi connectivity index (χ1) is 23.0. The van der Waals surface area contributed by atoms with Crippen LogP contribution in [-0.4, -0.2) is 93.9 Å². The predicted molar refractivity (Wildman–Crippen MR) is 186 cm³/mol. The molecule has 11 heteroatoms. The van der Waals surface area contributed by atoms with Gasteiger partial charge in [0.2, 0.25) is 0 Å². The summed E-state index contributed by atoms with van der Waals surface area (Å²) in [5, 5.41) is 6.11. The van der Waals surface area contributed by atoms with E-state index in [4.69, 9.17) is 15.7 Å². The van der Waals surface area contributed by atoms with Gasteiger partial charge in [-0.25, -0.2) is 9.97 Å². The van der Waals surface area contributed by atoms with Crippen LogP contribution in [0.5, 0.6) is 0 Å². The third-order valence-electron chi connectivity index (χ3n) is 9.39. The van der Waals surface area contributed by atoms with Crippen molar-refractivity contribution in [3.05, 3.63) is 65.7 Å². The molecule has 0 atom stereocenters. The molecule has 2 fully saturated rings. The highest BCUT2D eigenvalue weighted by Gasteiger charge is 2.16. The molecule has 5 aromatic rings. The monoisotopic (exact) mass is 633 g/mol. The van der Waals surface area contributed by atoms with Crippen LogP contribution in [0.1, 0.15) is 59.2 Å². The van der Waals surface area contributed by atoms with Gasteiger partial charge in [0.05, 0.1) is 22.1 Å². The molecule has 0 saturated carbocycles. The van der Waals surface area contributed by atoms with Crippen molar-refractivity contribution in [2.24, 2.45) is 0 Å². The zero-order valence-electron chi connectivity index (χ0n) is 26.8. The van der Waals surface area contributed by atoms with Crippen molar-refractivity contribution in [1.82, 2.24) is 40.4 Å².